The minimum atomic E-state index is -0.303. The maximum absolute atomic E-state index is 10.2. The van der Waals surface area contributed by atoms with Gasteiger partial charge in [-0.15, -0.1) is 6.42 Å². The molecule has 4 N–H and O–H groups in total. The van der Waals surface area contributed by atoms with Gasteiger partial charge in [0, 0.05) is 50.9 Å². The van der Waals surface area contributed by atoms with Gasteiger partial charge in [0.05, 0.1) is 44.7 Å². The molecule has 2 saturated carbocycles. The van der Waals surface area contributed by atoms with Crippen LogP contribution in [-0.2, 0) is 9.47 Å². The van der Waals surface area contributed by atoms with Crippen molar-refractivity contribution in [2.45, 2.75) is 75.7 Å². The van der Waals surface area contributed by atoms with Gasteiger partial charge in [-0.2, -0.15) is 0 Å². The fourth-order valence-electron chi connectivity index (χ4n) is 6.48. The Hall–Kier alpha value is -5.03. The van der Waals surface area contributed by atoms with Crippen molar-refractivity contribution in [3.05, 3.63) is 83.9 Å². The number of aromatic nitrogens is 4. The first kappa shape index (κ1) is 43.5. The Labute approximate surface area is 357 Å². The summed E-state index contributed by atoms with van der Waals surface area (Å²) in [6, 6.07) is 18.8. The van der Waals surface area contributed by atoms with Crippen molar-refractivity contribution in [2.75, 3.05) is 38.1 Å². The average molecular weight is 855 g/mol. The molecule has 2 aliphatic rings. The number of nitrogens with one attached hydrogen (secondary N) is 2. The van der Waals surface area contributed by atoms with Crippen LogP contribution in [0.5, 0.6) is 23.0 Å². The predicted octanol–water partition coefficient (Wildman–Crippen LogP) is 9.32. The molecule has 15 heteroatoms. The molecule has 0 radical (unpaired) electrons. The van der Waals surface area contributed by atoms with Crippen LogP contribution in [0, 0.1) is 24.2 Å². The number of methoxy groups -OCH3 is 2. The first-order valence-corrected chi connectivity index (χ1v) is 21.3. The minimum Gasteiger partial charge on any atom is -0.457 e. The van der Waals surface area contributed by atoms with Gasteiger partial charge in [0.2, 0.25) is 0 Å². The smallest absolute Gasteiger partial charge is 0.184 e. The van der Waals surface area contributed by atoms with Crippen molar-refractivity contribution in [1.29, 1.82) is 0 Å². The maximum Gasteiger partial charge on any atom is 0.184 e. The van der Waals surface area contributed by atoms with E-state index < -0.39 is 0 Å². The van der Waals surface area contributed by atoms with Crippen LogP contribution in [0.15, 0.2) is 73.1 Å². The Kier molecular flexibility index (Phi) is 16.5. The molecule has 6 aromatic rings. The van der Waals surface area contributed by atoms with E-state index in [9.17, 15) is 10.2 Å². The second-order valence-corrected chi connectivity index (χ2v) is 16.2. The Morgan fingerprint density at radius 1 is 0.695 bits per heavy atom. The number of aliphatic hydroxyl groups is 2. The third-order valence-corrected chi connectivity index (χ3v) is 11.5. The highest BCUT2D eigenvalue weighted by molar-refractivity contribution is 7.22. The number of rotatable bonds is 10. The number of pyridine rings is 2. The zero-order valence-electron chi connectivity index (χ0n) is 32.9. The Morgan fingerprint density at radius 2 is 1.20 bits per heavy atom. The van der Waals surface area contributed by atoms with E-state index in [1.807, 2.05) is 36.4 Å². The summed E-state index contributed by atoms with van der Waals surface area (Å²) in [5, 5.41) is 29.2. The summed E-state index contributed by atoms with van der Waals surface area (Å²) in [6.07, 6.45) is 15.6. The van der Waals surface area contributed by atoms with Gasteiger partial charge in [-0.25, -0.2) is 19.9 Å². The van der Waals surface area contributed by atoms with Crippen molar-refractivity contribution in [2.24, 2.45) is 0 Å². The summed E-state index contributed by atoms with van der Waals surface area (Å²) in [6.45, 7) is 0.781. The number of anilines is 2. The second kappa shape index (κ2) is 22.4. The molecule has 4 aromatic heterocycles. The molecular weight excluding hydrogens is 808 g/mol. The lowest BCUT2D eigenvalue weighted by Gasteiger charge is -2.27. The van der Waals surface area contributed by atoms with Crippen LogP contribution in [0.25, 0.3) is 20.4 Å². The third-order valence-electron chi connectivity index (χ3n) is 9.36. The second-order valence-electron chi connectivity index (χ2n) is 13.8. The summed E-state index contributed by atoms with van der Waals surface area (Å²) in [5.74, 6) is 10.9. The molecule has 0 spiro atoms. The number of thiazole rings is 2. The van der Waals surface area contributed by atoms with Crippen molar-refractivity contribution >= 4 is 65.0 Å². The Balaban J connectivity index is 0.000000180. The van der Waals surface area contributed by atoms with E-state index in [-0.39, 0.29) is 24.3 Å². The maximum atomic E-state index is 10.2. The monoisotopic (exact) mass is 854 g/mol. The summed E-state index contributed by atoms with van der Waals surface area (Å²) in [4.78, 5) is 17.4. The first-order valence-electron chi connectivity index (χ1n) is 19.3. The average Bonchev–Trinajstić information content (AvgIpc) is 3.83. The number of hydrogen-bond acceptors (Lipinski definition) is 14. The Morgan fingerprint density at radius 3 is 1.69 bits per heavy atom. The Bertz CT molecular complexity index is 2380. The molecule has 12 nitrogen and oxygen atoms in total. The van der Waals surface area contributed by atoms with Gasteiger partial charge in [-0.1, -0.05) is 71.8 Å². The predicted molar refractivity (Wildman–Crippen MR) is 236 cm³/mol. The van der Waals surface area contributed by atoms with Crippen molar-refractivity contribution in [3.63, 3.8) is 0 Å². The van der Waals surface area contributed by atoms with E-state index in [2.05, 4.69) is 53.1 Å². The van der Waals surface area contributed by atoms with Gasteiger partial charge in [-0.05, 0) is 68.0 Å². The molecule has 0 bridgehead atoms. The van der Waals surface area contributed by atoms with Gasteiger partial charge in [0.1, 0.15) is 47.1 Å². The van der Waals surface area contributed by atoms with E-state index >= 15 is 0 Å². The van der Waals surface area contributed by atoms with Gasteiger partial charge < -0.3 is 39.8 Å². The number of hydrogen-bond donors (Lipinski definition) is 4. The van der Waals surface area contributed by atoms with E-state index in [0.717, 1.165) is 93.6 Å². The molecule has 8 rings (SSSR count). The molecule has 2 aromatic carbocycles. The van der Waals surface area contributed by atoms with Crippen LogP contribution in [0.4, 0.5) is 10.3 Å². The van der Waals surface area contributed by atoms with Gasteiger partial charge in [0.15, 0.2) is 10.3 Å². The van der Waals surface area contributed by atoms with Crippen LogP contribution in [0.3, 0.4) is 0 Å². The number of fused-ring (bicyclic) bond motifs is 2. The van der Waals surface area contributed by atoms with E-state index in [1.54, 1.807) is 73.6 Å². The van der Waals surface area contributed by atoms with E-state index in [0.29, 0.717) is 35.6 Å². The van der Waals surface area contributed by atoms with Crippen LogP contribution in [-0.4, -0.2) is 81.9 Å². The molecule has 2 fully saturated rings. The van der Waals surface area contributed by atoms with Gasteiger partial charge in [0.25, 0.3) is 0 Å². The lowest BCUT2D eigenvalue weighted by Crippen LogP contribution is -2.36. The van der Waals surface area contributed by atoms with Gasteiger partial charge >= 0.3 is 0 Å². The summed E-state index contributed by atoms with van der Waals surface area (Å²) in [5.41, 5.74) is 2.46. The highest BCUT2D eigenvalue weighted by Crippen LogP contribution is 2.35. The minimum absolute atomic E-state index is 0.0782. The quantitative estimate of drug-likeness (QED) is 0.0768. The topological polar surface area (TPSA) is 153 Å². The first-order chi connectivity index (χ1) is 28.8. The largest absolute Gasteiger partial charge is 0.457 e. The summed E-state index contributed by atoms with van der Waals surface area (Å²) in [7, 11) is 3.18. The van der Waals surface area contributed by atoms with Gasteiger partial charge in [-0.3, -0.25) is 0 Å². The number of ether oxygens (including phenoxy) is 4. The number of terminal acetylenes is 1. The van der Waals surface area contributed by atoms with Crippen LogP contribution >= 0.6 is 34.3 Å². The van der Waals surface area contributed by atoms with Crippen LogP contribution in [0.2, 0.25) is 5.15 Å². The number of aliphatic hydroxyl groups excluding tert-OH is 2. The number of nitrogens with zero attached hydrogens (tertiary/aromatic N) is 4. The number of halogens is 1. The zero-order chi connectivity index (χ0) is 41.4. The fourth-order valence-corrected chi connectivity index (χ4v) is 8.56. The molecule has 2 aliphatic carbocycles. The lowest BCUT2D eigenvalue weighted by molar-refractivity contribution is 0.116. The highest BCUT2D eigenvalue weighted by Gasteiger charge is 2.25. The molecule has 4 heterocycles. The molecule has 0 unspecified atom stereocenters. The van der Waals surface area contributed by atoms with Crippen molar-refractivity contribution < 1.29 is 29.2 Å². The van der Waals surface area contributed by atoms with E-state index in [4.69, 9.17) is 32.2 Å². The molecule has 0 aliphatic heterocycles. The van der Waals surface area contributed by atoms with Crippen molar-refractivity contribution in [1.82, 2.24) is 19.9 Å². The van der Waals surface area contributed by atoms with Crippen LogP contribution < -0.4 is 20.1 Å². The normalized spacial score (nSPS) is 18.5. The molecule has 308 valence electrons. The highest BCUT2D eigenvalue weighted by atomic mass is 35.5. The van der Waals surface area contributed by atoms with Crippen LogP contribution in [0.1, 0.15) is 57.1 Å². The molecule has 59 heavy (non-hydrogen) atoms. The third kappa shape index (κ3) is 13.2. The summed E-state index contributed by atoms with van der Waals surface area (Å²) >= 11 is 9.03. The molecule has 4 atom stereocenters. The van der Waals surface area contributed by atoms with Crippen molar-refractivity contribution in [3.8, 4) is 47.2 Å². The fraction of sp³-hybridized carbons (Fsp3) is 0.364. The zero-order valence-corrected chi connectivity index (χ0v) is 35.3. The van der Waals surface area contributed by atoms with E-state index in [1.165, 1.54) is 0 Å². The standard InChI is InChI=1S/C22H23N3O3S.C18H18ClN3O2S.C4H6O/c1-27-12-4-5-15-13-17(10-11-23-15)28-16-8-9-19-21(14-16)29-22(25-19)24-18-6-2-3-7-20(18)26;19-17-10-12(7-8-20-17)24-11-5-6-14-16(9-11)25-18(22-14)21-13-3-1-2-4-15(13)23;1-3-4-5-2/h8-11,13-14,18,20,26H,2-3,6-7,12H2,1H3,(H,24,25);5-10,13,15,23H,1-4H2,(H,21,22);1H,4H2,2H3/t18-,20-;13-,15-;/m11./s1. The summed E-state index contributed by atoms with van der Waals surface area (Å²) < 4.78 is 23.3. The molecule has 0 amide bonds. The number of benzene rings is 2. The molecule has 0 saturated heterocycles. The lowest BCUT2D eigenvalue weighted by atomic mass is 9.93. The SMILES string of the molecule is C#CCOC.COCC#Cc1cc(Oc2ccc3nc(N[C@@H]4CCCC[C@H]4O)sc3c2)ccn1.O[C@@H]1CCCC[C@H]1Nc1nc2ccc(Oc3ccnc(Cl)c3)cc2s1. The molecular formula is C44H47ClN6O6S2.